The summed E-state index contributed by atoms with van der Waals surface area (Å²) >= 11 is 0. The van der Waals surface area contributed by atoms with Gasteiger partial charge in [0, 0.05) is 36.9 Å². The predicted molar refractivity (Wildman–Crippen MR) is 82.2 cm³/mol. The summed E-state index contributed by atoms with van der Waals surface area (Å²) in [5.74, 6) is 2.06. The molecule has 0 unspecified atom stereocenters. The third kappa shape index (κ3) is 3.41. The first kappa shape index (κ1) is 14.1. The van der Waals surface area contributed by atoms with Gasteiger partial charge in [-0.3, -0.25) is 14.9 Å². The molecule has 0 atom stereocenters. The minimum atomic E-state index is -0.0988. The normalized spacial score (nSPS) is 10.6. The van der Waals surface area contributed by atoms with Gasteiger partial charge in [0.2, 0.25) is 5.91 Å². The minimum absolute atomic E-state index is 0.0988. The highest BCUT2D eigenvalue weighted by Crippen LogP contribution is 2.18. The first-order valence-electron chi connectivity index (χ1n) is 7.02. The van der Waals surface area contributed by atoms with E-state index < -0.39 is 0 Å². The number of furan rings is 1. The highest BCUT2D eigenvalue weighted by molar-refractivity contribution is 5.90. The van der Waals surface area contributed by atoms with Crippen LogP contribution in [0.25, 0.3) is 11.3 Å². The average Bonchev–Trinajstić information content (AvgIpc) is 3.15. The molecule has 1 amide bonds. The molecular formula is C16H16N4O2. The van der Waals surface area contributed by atoms with Crippen LogP contribution in [0.2, 0.25) is 0 Å². The summed E-state index contributed by atoms with van der Waals surface area (Å²) < 4.78 is 5.44. The van der Waals surface area contributed by atoms with Crippen molar-refractivity contribution in [2.75, 3.05) is 5.32 Å². The standard InChI is InChI=1S/C16H16N4O2/c1-11-4-5-13(22-11)6-7-16(21)18-15-9-14(19-20-15)12-3-2-8-17-10-12/h2-5,8-10H,6-7H2,1H3,(H2,18,19,20,21). The molecule has 6 heteroatoms. The number of hydrogen-bond acceptors (Lipinski definition) is 4. The monoisotopic (exact) mass is 296 g/mol. The third-order valence-corrected chi connectivity index (χ3v) is 3.21. The Morgan fingerprint density at radius 1 is 1.36 bits per heavy atom. The number of aromatic nitrogens is 3. The summed E-state index contributed by atoms with van der Waals surface area (Å²) in [7, 11) is 0. The van der Waals surface area contributed by atoms with E-state index >= 15 is 0 Å². The Kier molecular flexibility index (Phi) is 4.00. The second-order valence-corrected chi connectivity index (χ2v) is 4.97. The molecule has 22 heavy (non-hydrogen) atoms. The Hall–Kier alpha value is -2.89. The van der Waals surface area contributed by atoms with Gasteiger partial charge in [-0.15, -0.1) is 0 Å². The molecule has 0 spiro atoms. The van der Waals surface area contributed by atoms with Crippen LogP contribution in [0.3, 0.4) is 0 Å². The van der Waals surface area contributed by atoms with Crippen LogP contribution < -0.4 is 5.32 Å². The molecule has 0 radical (unpaired) electrons. The summed E-state index contributed by atoms with van der Waals surface area (Å²) in [6.07, 6.45) is 4.36. The number of nitrogens with zero attached hydrogens (tertiary/aromatic N) is 2. The lowest BCUT2D eigenvalue weighted by molar-refractivity contribution is -0.116. The van der Waals surface area contributed by atoms with E-state index in [0.717, 1.165) is 22.8 Å². The predicted octanol–water partition coefficient (Wildman–Crippen LogP) is 2.94. The van der Waals surface area contributed by atoms with Crippen LogP contribution in [-0.4, -0.2) is 21.1 Å². The molecule has 0 saturated heterocycles. The fraction of sp³-hybridized carbons (Fsp3) is 0.188. The van der Waals surface area contributed by atoms with E-state index in [2.05, 4.69) is 20.5 Å². The van der Waals surface area contributed by atoms with Gasteiger partial charge < -0.3 is 9.73 Å². The van der Waals surface area contributed by atoms with Crippen LogP contribution >= 0.6 is 0 Å². The maximum atomic E-state index is 11.9. The second kappa shape index (κ2) is 6.26. The van der Waals surface area contributed by atoms with E-state index in [1.165, 1.54) is 0 Å². The number of carbonyl (C=O) groups is 1. The molecule has 0 saturated carbocycles. The van der Waals surface area contributed by atoms with Gasteiger partial charge in [-0.05, 0) is 31.2 Å². The van der Waals surface area contributed by atoms with Gasteiger partial charge in [0.15, 0.2) is 5.82 Å². The average molecular weight is 296 g/mol. The van der Waals surface area contributed by atoms with Gasteiger partial charge in [0.25, 0.3) is 0 Å². The van der Waals surface area contributed by atoms with Crippen LogP contribution in [0, 0.1) is 6.92 Å². The molecule has 0 aliphatic carbocycles. The number of aryl methyl sites for hydroxylation is 2. The van der Waals surface area contributed by atoms with E-state index in [1.54, 1.807) is 18.5 Å². The van der Waals surface area contributed by atoms with E-state index in [0.29, 0.717) is 18.7 Å². The molecule has 3 rings (SSSR count). The number of H-pyrrole nitrogens is 1. The number of anilines is 1. The number of pyridine rings is 1. The number of carbonyl (C=O) groups excluding carboxylic acids is 1. The van der Waals surface area contributed by atoms with Gasteiger partial charge in [-0.1, -0.05) is 0 Å². The molecule has 0 aromatic carbocycles. The molecule has 0 fully saturated rings. The van der Waals surface area contributed by atoms with E-state index in [1.807, 2.05) is 31.2 Å². The van der Waals surface area contributed by atoms with Crippen molar-refractivity contribution in [3.05, 3.63) is 54.2 Å². The molecule has 112 valence electrons. The summed E-state index contributed by atoms with van der Waals surface area (Å²) in [6.45, 7) is 1.88. The smallest absolute Gasteiger partial charge is 0.226 e. The molecule has 3 aromatic rings. The van der Waals surface area contributed by atoms with Crippen molar-refractivity contribution in [2.24, 2.45) is 0 Å². The molecule has 2 N–H and O–H groups in total. The second-order valence-electron chi connectivity index (χ2n) is 4.97. The summed E-state index contributed by atoms with van der Waals surface area (Å²) in [6, 6.07) is 9.33. The van der Waals surface area contributed by atoms with E-state index in [9.17, 15) is 4.79 Å². The fourth-order valence-electron chi connectivity index (χ4n) is 2.12. The first-order valence-corrected chi connectivity index (χ1v) is 7.02. The zero-order chi connectivity index (χ0) is 15.4. The van der Waals surface area contributed by atoms with Gasteiger partial charge in [0.05, 0.1) is 5.69 Å². The highest BCUT2D eigenvalue weighted by atomic mass is 16.3. The van der Waals surface area contributed by atoms with E-state index in [4.69, 9.17) is 4.42 Å². The van der Waals surface area contributed by atoms with Crippen LogP contribution in [0.4, 0.5) is 5.82 Å². The molecule has 0 aliphatic rings. The zero-order valence-electron chi connectivity index (χ0n) is 12.2. The zero-order valence-corrected chi connectivity index (χ0v) is 12.2. The molecule has 0 bridgehead atoms. The largest absolute Gasteiger partial charge is 0.466 e. The Balaban J connectivity index is 1.57. The quantitative estimate of drug-likeness (QED) is 0.758. The number of aromatic amines is 1. The molecule has 6 nitrogen and oxygen atoms in total. The van der Waals surface area contributed by atoms with Gasteiger partial charge in [-0.25, -0.2) is 0 Å². The summed E-state index contributed by atoms with van der Waals surface area (Å²) in [5.41, 5.74) is 1.73. The highest BCUT2D eigenvalue weighted by Gasteiger charge is 2.09. The summed E-state index contributed by atoms with van der Waals surface area (Å²) in [4.78, 5) is 16.0. The van der Waals surface area contributed by atoms with Crippen LogP contribution in [0.15, 0.2) is 47.1 Å². The van der Waals surface area contributed by atoms with Gasteiger partial charge in [-0.2, -0.15) is 5.10 Å². The topological polar surface area (TPSA) is 83.8 Å². The van der Waals surface area contributed by atoms with Crippen LogP contribution in [0.5, 0.6) is 0 Å². The third-order valence-electron chi connectivity index (χ3n) is 3.21. The Morgan fingerprint density at radius 3 is 3.00 bits per heavy atom. The van der Waals surface area contributed by atoms with Gasteiger partial charge in [0.1, 0.15) is 11.5 Å². The van der Waals surface area contributed by atoms with Crippen molar-refractivity contribution in [1.29, 1.82) is 0 Å². The maximum absolute atomic E-state index is 11.9. The molecule has 0 aliphatic heterocycles. The lowest BCUT2D eigenvalue weighted by Crippen LogP contribution is -2.12. The molecule has 3 heterocycles. The number of rotatable bonds is 5. The first-order chi connectivity index (χ1) is 10.7. The Labute approximate surface area is 127 Å². The lowest BCUT2D eigenvalue weighted by atomic mass is 10.2. The van der Waals surface area contributed by atoms with Crippen LogP contribution in [-0.2, 0) is 11.2 Å². The van der Waals surface area contributed by atoms with Crippen molar-refractivity contribution in [3.63, 3.8) is 0 Å². The number of amides is 1. The fourth-order valence-corrected chi connectivity index (χ4v) is 2.12. The van der Waals surface area contributed by atoms with Crippen molar-refractivity contribution in [3.8, 4) is 11.3 Å². The molecule has 3 aromatic heterocycles. The summed E-state index contributed by atoms with van der Waals surface area (Å²) in [5, 5.41) is 9.73. The van der Waals surface area contributed by atoms with Gasteiger partial charge >= 0.3 is 0 Å². The van der Waals surface area contributed by atoms with Crippen LogP contribution in [0.1, 0.15) is 17.9 Å². The van der Waals surface area contributed by atoms with Crippen molar-refractivity contribution in [2.45, 2.75) is 19.8 Å². The number of hydrogen-bond donors (Lipinski definition) is 2. The van der Waals surface area contributed by atoms with Crippen molar-refractivity contribution in [1.82, 2.24) is 15.2 Å². The Morgan fingerprint density at radius 2 is 2.27 bits per heavy atom. The van der Waals surface area contributed by atoms with Crippen molar-refractivity contribution >= 4 is 11.7 Å². The Bertz CT molecular complexity index is 761. The minimum Gasteiger partial charge on any atom is -0.466 e. The number of nitrogens with one attached hydrogen (secondary N) is 2. The lowest BCUT2D eigenvalue weighted by Gasteiger charge is -2.00. The van der Waals surface area contributed by atoms with E-state index in [-0.39, 0.29) is 5.91 Å². The van der Waals surface area contributed by atoms with Crippen molar-refractivity contribution < 1.29 is 9.21 Å². The maximum Gasteiger partial charge on any atom is 0.226 e. The molecular weight excluding hydrogens is 280 g/mol. The SMILES string of the molecule is Cc1ccc(CCC(=O)Nc2cc(-c3cccnc3)[nH]n2)o1.